The number of allylic oxidation sites excluding steroid dienone is 5. The number of nitrogens with one attached hydrogen (secondary N) is 1. The Hall–Kier alpha value is -1.39. The van der Waals surface area contributed by atoms with Crippen LogP contribution in [0.15, 0.2) is 36.5 Å². The molecule has 2 unspecified atom stereocenters. The number of amides is 1. The summed E-state index contributed by atoms with van der Waals surface area (Å²) in [7, 11) is 0. The van der Waals surface area contributed by atoms with E-state index in [-0.39, 0.29) is 12.5 Å². The van der Waals surface area contributed by atoms with E-state index in [4.69, 9.17) is 0 Å². The third kappa shape index (κ3) is 41.8. The molecule has 0 spiro atoms. The van der Waals surface area contributed by atoms with Gasteiger partial charge in [-0.25, -0.2) is 0 Å². The molecule has 3 N–H and O–H groups in total. The van der Waals surface area contributed by atoms with Crippen LogP contribution in [0.1, 0.15) is 258 Å². The van der Waals surface area contributed by atoms with E-state index in [1.165, 1.54) is 205 Å². The van der Waals surface area contributed by atoms with Gasteiger partial charge in [0.25, 0.3) is 0 Å². The van der Waals surface area contributed by atoms with Crippen LogP contribution in [0.5, 0.6) is 0 Å². The van der Waals surface area contributed by atoms with Crippen LogP contribution in [-0.4, -0.2) is 34.9 Å². The summed E-state index contributed by atoms with van der Waals surface area (Å²) in [6.07, 6.45) is 61.2. The number of rotatable bonds is 44. The summed E-state index contributed by atoms with van der Waals surface area (Å²) in [5.74, 6) is -0.0624. The molecule has 0 aliphatic heterocycles. The van der Waals surface area contributed by atoms with Gasteiger partial charge in [0.05, 0.1) is 18.8 Å². The van der Waals surface area contributed by atoms with E-state index in [9.17, 15) is 15.0 Å². The van der Waals surface area contributed by atoms with E-state index in [1.54, 1.807) is 6.08 Å². The first kappa shape index (κ1) is 52.6. The summed E-state index contributed by atoms with van der Waals surface area (Å²) in [4.78, 5) is 12.4. The number of aliphatic hydroxyl groups excluding tert-OH is 2. The van der Waals surface area contributed by atoms with Crippen molar-refractivity contribution in [3.8, 4) is 0 Å². The molecule has 0 saturated heterocycles. The van der Waals surface area contributed by atoms with Gasteiger partial charge in [-0.3, -0.25) is 4.79 Å². The van der Waals surface area contributed by atoms with Gasteiger partial charge in [0.2, 0.25) is 5.91 Å². The van der Waals surface area contributed by atoms with Gasteiger partial charge in [-0.05, 0) is 51.4 Å². The summed E-state index contributed by atoms with van der Waals surface area (Å²) in [5.41, 5.74) is 0. The van der Waals surface area contributed by atoms with Gasteiger partial charge in [-0.1, -0.05) is 237 Å². The minimum atomic E-state index is -0.837. The minimum Gasteiger partial charge on any atom is -0.394 e. The number of aliphatic hydroxyl groups is 2. The molecular weight excluding hydrogens is 663 g/mol. The normalized spacial score (nSPS) is 13.2. The van der Waals surface area contributed by atoms with Gasteiger partial charge >= 0.3 is 0 Å². The maximum Gasteiger partial charge on any atom is 0.220 e. The summed E-state index contributed by atoms with van der Waals surface area (Å²) in [5, 5.41) is 23.0. The maximum absolute atomic E-state index is 12.4. The van der Waals surface area contributed by atoms with Crippen molar-refractivity contribution >= 4 is 5.91 Å². The lowest BCUT2D eigenvalue weighted by atomic mass is 10.0. The minimum absolute atomic E-state index is 0.0624. The quantitative estimate of drug-likeness (QED) is 0.0428. The molecule has 4 nitrogen and oxygen atoms in total. The van der Waals surface area contributed by atoms with Crippen LogP contribution < -0.4 is 5.32 Å². The highest BCUT2D eigenvalue weighted by atomic mass is 16.3. The average Bonchev–Trinajstić information content (AvgIpc) is 3.18. The Balaban J connectivity index is 3.50. The van der Waals surface area contributed by atoms with Gasteiger partial charge in [-0.2, -0.15) is 0 Å². The number of unbranched alkanes of at least 4 members (excludes halogenated alkanes) is 33. The Morgan fingerprint density at radius 2 is 0.759 bits per heavy atom. The molecule has 0 aliphatic rings. The molecule has 0 heterocycles. The Bertz CT molecular complexity index is 821. The zero-order valence-corrected chi connectivity index (χ0v) is 36.5. The molecule has 4 heteroatoms. The van der Waals surface area contributed by atoms with Gasteiger partial charge < -0.3 is 15.5 Å². The van der Waals surface area contributed by atoms with Crippen LogP contribution in [0.2, 0.25) is 0 Å². The molecule has 0 aliphatic carbocycles. The van der Waals surface area contributed by atoms with Crippen molar-refractivity contribution in [1.29, 1.82) is 0 Å². The summed E-state index contributed by atoms with van der Waals surface area (Å²) < 4.78 is 0. The number of carbonyl (C=O) groups is 1. The third-order valence-electron chi connectivity index (χ3n) is 11.1. The van der Waals surface area contributed by atoms with Crippen molar-refractivity contribution in [3.63, 3.8) is 0 Å². The highest BCUT2D eigenvalue weighted by Gasteiger charge is 2.18. The lowest BCUT2D eigenvalue weighted by molar-refractivity contribution is -0.123. The van der Waals surface area contributed by atoms with Crippen LogP contribution in [0.3, 0.4) is 0 Å². The SMILES string of the molecule is CCCCCCC/C=C\C/C=C\CCCCCCCCCCCCCCCCCC(=O)NC(CO)C(O)/C=C/CCCCCCCCCCCCCCC. The molecular formula is C50H95NO3. The van der Waals surface area contributed by atoms with Gasteiger partial charge in [0, 0.05) is 6.42 Å². The third-order valence-corrected chi connectivity index (χ3v) is 11.1. The van der Waals surface area contributed by atoms with Gasteiger partial charge in [0.15, 0.2) is 0 Å². The second-order valence-electron chi connectivity index (χ2n) is 16.5. The Kier molecular flexibility index (Phi) is 44.8. The van der Waals surface area contributed by atoms with Gasteiger partial charge in [0.1, 0.15) is 0 Å². The van der Waals surface area contributed by atoms with E-state index in [1.807, 2.05) is 6.08 Å². The molecule has 0 aromatic rings. The van der Waals surface area contributed by atoms with Gasteiger partial charge in [-0.15, -0.1) is 0 Å². The van der Waals surface area contributed by atoms with Crippen molar-refractivity contribution in [3.05, 3.63) is 36.5 Å². The number of hydrogen-bond donors (Lipinski definition) is 3. The topological polar surface area (TPSA) is 69.6 Å². The monoisotopic (exact) mass is 758 g/mol. The Morgan fingerprint density at radius 3 is 1.11 bits per heavy atom. The van der Waals surface area contributed by atoms with E-state index >= 15 is 0 Å². The fourth-order valence-electron chi connectivity index (χ4n) is 7.39. The molecule has 0 radical (unpaired) electrons. The lowest BCUT2D eigenvalue weighted by Gasteiger charge is -2.20. The maximum atomic E-state index is 12.4. The predicted octanol–water partition coefficient (Wildman–Crippen LogP) is 15.4. The molecule has 0 bridgehead atoms. The van der Waals surface area contributed by atoms with Crippen LogP contribution in [-0.2, 0) is 4.79 Å². The molecule has 0 aromatic carbocycles. The number of carbonyl (C=O) groups excluding carboxylic acids is 1. The molecule has 54 heavy (non-hydrogen) atoms. The Labute approximate surface area is 338 Å². The molecule has 0 rings (SSSR count). The zero-order valence-electron chi connectivity index (χ0n) is 36.5. The van der Waals surface area contributed by atoms with Crippen LogP contribution in [0.25, 0.3) is 0 Å². The molecule has 0 fully saturated rings. The van der Waals surface area contributed by atoms with E-state index in [0.717, 1.165) is 32.1 Å². The van der Waals surface area contributed by atoms with Crippen LogP contribution in [0.4, 0.5) is 0 Å². The van der Waals surface area contributed by atoms with Crippen LogP contribution in [0, 0.1) is 0 Å². The first-order valence-electron chi connectivity index (χ1n) is 24.2. The van der Waals surface area contributed by atoms with Crippen molar-refractivity contribution < 1.29 is 15.0 Å². The fourth-order valence-corrected chi connectivity index (χ4v) is 7.39. The first-order valence-corrected chi connectivity index (χ1v) is 24.2. The lowest BCUT2D eigenvalue weighted by Crippen LogP contribution is -2.45. The largest absolute Gasteiger partial charge is 0.394 e. The summed E-state index contributed by atoms with van der Waals surface area (Å²) in [6.45, 7) is 4.31. The van der Waals surface area contributed by atoms with Crippen LogP contribution >= 0.6 is 0 Å². The highest BCUT2D eigenvalue weighted by Crippen LogP contribution is 2.16. The molecule has 1 amide bonds. The fraction of sp³-hybridized carbons (Fsp3) is 0.860. The average molecular weight is 758 g/mol. The highest BCUT2D eigenvalue weighted by molar-refractivity contribution is 5.76. The molecule has 318 valence electrons. The smallest absolute Gasteiger partial charge is 0.220 e. The van der Waals surface area contributed by atoms with Crippen molar-refractivity contribution in [2.75, 3.05) is 6.61 Å². The predicted molar refractivity (Wildman–Crippen MR) is 239 cm³/mol. The summed E-state index contributed by atoms with van der Waals surface area (Å²) in [6, 6.07) is -0.620. The second-order valence-corrected chi connectivity index (χ2v) is 16.5. The van der Waals surface area contributed by atoms with E-state index < -0.39 is 12.1 Å². The zero-order chi connectivity index (χ0) is 39.3. The summed E-state index contributed by atoms with van der Waals surface area (Å²) >= 11 is 0. The van der Waals surface area contributed by atoms with Crippen molar-refractivity contribution in [2.45, 2.75) is 270 Å². The number of hydrogen-bond acceptors (Lipinski definition) is 3. The molecule has 2 atom stereocenters. The van der Waals surface area contributed by atoms with Crippen molar-refractivity contribution in [1.82, 2.24) is 5.32 Å². The second kappa shape index (κ2) is 46.0. The van der Waals surface area contributed by atoms with E-state index in [2.05, 4.69) is 43.5 Å². The standard InChI is InChI=1S/C50H95NO3/c1-3-5-7-9-11-13-15-17-19-20-21-22-23-24-25-26-27-28-29-30-32-34-36-38-40-42-44-46-50(54)51-48(47-52)49(53)45-43-41-39-37-35-33-31-18-16-14-12-10-8-6-4-2/h15,17,20-21,43,45,48-49,52-53H,3-14,16,18-19,22-42,44,46-47H2,1-2H3,(H,51,54)/b17-15-,21-20-,45-43+. The first-order chi connectivity index (χ1) is 26.7. The van der Waals surface area contributed by atoms with Crippen molar-refractivity contribution in [2.24, 2.45) is 0 Å². The molecule has 0 aromatic heterocycles. The Morgan fingerprint density at radius 1 is 0.444 bits per heavy atom. The van der Waals surface area contributed by atoms with E-state index in [0.29, 0.717) is 6.42 Å². The molecule has 0 saturated carbocycles.